The van der Waals surface area contributed by atoms with Gasteiger partial charge >= 0.3 is 5.97 Å². The molecule has 1 N–H and O–H groups in total. The van der Waals surface area contributed by atoms with Crippen LogP contribution in [-0.4, -0.2) is 22.8 Å². The molecule has 0 bridgehead atoms. The molecule has 2 unspecified atom stereocenters. The molecule has 0 radical (unpaired) electrons. The number of carboxylic acids is 1. The number of carbonyl (C=O) groups is 1. The molecule has 0 aliphatic carbocycles. The Morgan fingerprint density at radius 3 is 2.77 bits per heavy atom. The Morgan fingerprint density at radius 1 is 1.69 bits per heavy atom. The van der Waals surface area contributed by atoms with E-state index in [1.165, 1.54) is 0 Å². The maximum absolute atomic E-state index is 10.8. The van der Waals surface area contributed by atoms with Crippen molar-refractivity contribution in [2.24, 2.45) is 5.92 Å². The summed E-state index contributed by atoms with van der Waals surface area (Å²) in [6, 6.07) is 0. The van der Waals surface area contributed by atoms with Crippen LogP contribution in [0.2, 0.25) is 0 Å². The third kappa shape index (κ3) is 2.18. The zero-order chi connectivity index (χ0) is 10.1. The van der Waals surface area contributed by atoms with Crippen molar-refractivity contribution in [1.82, 2.24) is 0 Å². The molecule has 0 aromatic heterocycles. The fourth-order valence-electron chi connectivity index (χ4n) is 1.31. The number of carboxylic acid groups (broad SMARTS) is 1. The van der Waals surface area contributed by atoms with Gasteiger partial charge in [-0.15, -0.1) is 6.58 Å². The van der Waals surface area contributed by atoms with Gasteiger partial charge in [0, 0.05) is 5.92 Å². The molecular weight excluding hydrogens is 168 g/mol. The van der Waals surface area contributed by atoms with Crippen LogP contribution < -0.4 is 0 Å². The summed E-state index contributed by atoms with van der Waals surface area (Å²) in [6.07, 6.45) is 4.47. The van der Waals surface area contributed by atoms with Crippen LogP contribution in [-0.2, 0) is 9.53 Å². The number of ether oxygens (including phenoxy) is 1. The number of hydrogen-bond acceptors (Lipinski definition) is 2. The van der Waals surface area contributed by atoms with E-state index in [0.29, 0.717) is 0 Å². The molecule has 0 saturated carbocycles. The molecule has 0 aromatic rings. The first-order valence-electron chi connectivity index (χ1n) is 4.19. The van der Waals surface area contributed by atoms with E-state index in [1.807, 2.05) is 26.0 Å². The number of rotatable bonds is 2. The minimum absolute atomic E-state index is 0.231. The van der Waals surface area contributed by atoms with Crippen molar-refractivity contribution in [1.29, 1.82) is 0 Å². The van der Waals surface area contributed by atoms with Gasteiger partial charge in [0.15, 0.2) is 6.10 Å². The van der Waals surface area contributed by atoms with Crippen LogP contribution in [0.15, 0.2) is 24.8 Å². The molecule has 72 valence electrons. The lowest BCUT2D eigenvalue weighted by Crippen LogP contribution is -2.41. The van der Waals surface area contributed by atoms with Crippen LogP contribution >= 0.6 is 0 Å². The normalized spacial score (nSPS) is 31.2. The highest BCUT2D eigenvalue weighted by Crippen LogP contribution is 2.26. The Kier molecular flexibility index (Phi) is 2.57. The Balaban J connectivity index is 2.89. The van der Waals surface area contributed by atoms with Crippen LogP contribution in [0, 0.1) is 5.92 Å². The number of hydrogen-bond donors (Lipinski definition) is 1. The summed E-state index contributed by atoms with van der Waals surface area (Å²) in [5.74, 6) is -1.17. The first kappa shape index (κ1) is 9.99. The van der Waals surface area contributed by atoms with Gasteiger partial charge in [0.2, 0.25) is 0 Å². The van der Waals surface area contributed by atoms with Gasteiger partial charge in [0.25, 0.3) is 0 Å². The Morgan fingerprint density at radius 2 is 2.31 bits per heavy atom. The molecule has 0 amide bonds. The molecule has 1 heterocycles. The van der Waals surface area contributed by atoms with E-state index in [-0.39, 0.29) is 5.92 Å². The van der Waals surface area contributed by atoms with Gasteiger partial charge in [0.1, 0.15) is 0 Å². The van der Waals surface area contributed by atoms with Gasteiger partial charge in [-0.1, -0.05) is 18.2 Å². The lowest BCUT2D eigenvalue weighted by atomic mass is 9.94. The summed E-state index contributed by atoms with van der Waals surface area (Å²) in [5, 5.41) is 8.87. The van der Waals surface area contributed by atoms with Crippen LogP contribution in [0.3, 0.4) is 0 Å². The predicted molar refractivity (Wildman–Crippen MR) is 49.4 cm³/mol. The van der Waals surface area contributed by atoms with Gasteiger partial charge in [-0.05, 0) is 13.8 Å². The van der Waals surface area contributed by atoms with E-state index < -0.39 is 17.7 Å². The van der Waals surface area contributed by atoms with Crippen LogP contribution in [0.1, 0.15) is 13.8 Å². The zero-order valence-corrected chi connectivity index (χ0v) is 7.86. The summed E-state index contributed by atoms with van der Waals surface area (Å²) in [7, 11) is 0. The second-order valence-corrected chi connectivity index (χ2v) is 3.65. The van der Waals surface area contributed by atoms with Crippen molar-refractivity contribution >= 4 is 5.97 Å². The molecule has 0 spiro atoms. The summed E-state index contributed by atoms with van der Waals surface area (Å²) >= 11 is 0. The molecule has 1 rings (SSSR count). The average molecular weight is 182 g/mol. The smallest absolute Gasteiger partial charge is 0.333 e. The third-order valence-corrected chi connectivity index (χ3v) is 2.02. The van der Waals surface area contributed by atoms with E-state index in [0.717, 1.165) is 0 Å². The Bertz CT molecular complexity index is 253. The highest BCUT2D eigenvalue weighted by atomic mass is 16.5. The van der Waals surface area contributed by atoms with Crippen LogP contribution in [0.25, 0.3) is 0 Å². The maximum Gasteiger partial charge on any atom is 0.333 e. The summed E-state index contributed by atoms with van der Waals surface area (Å²) in [5.41, 5.74) is -0.497. The van der Waals surface area contributed by atoms with Crippen LogP contribution in [0.5, 0.6) is 0 Å². The topological polar surface area (TPSA) is 46.5 Å². The standard InChI is InChI=1S/C10H14O3/c1-4-7-5-6-10(2,3)13-8(7)9(11)12/h4-8H,1H2,2-3H3,(H,11,12). The highest BCUT2D eigenvalue weighted by molar-refractivity contribution is 5.73. The van der Waals surface area contributed by atoms with Gasteiger partial charge < -0.3 is 9.84 Å². The maximum atomic E-state index is 10.8. The fourth-order valence-corrected chi connectivity index (χ4v) is 1.31. The first-order chi connectivity index (χ1) is 5.96. The molecule has 1 aliphatic rings. The molecule has 0 aromatic carbocycles. The largest absolute Gasteiger partial charge is 0.479 e. The minimum atomic E-state index is -0.942. The molecule has 0 saturated heterocycles. The quantitative estimate of drug-likeness (QED) is 0.660. The predicted octanol–water partition coefficient (Wildman–Crippen LogP) is 1.61. The zero-order valence-electron chi connectivity index (χ0n) is 7.86. The fraction of sp³-hybridized carbons (Fsp3) is 0.500. The van der Waals surface area contributed by atoms with Crippen molar-refractivity contribution in [3.8, 4) is 0 Å². The minimum Gasteiger partial charge on any atom is -0.479 e. The van der Waals surface area contributed by atoms with Crippen molar-refractivity contribution in [3.63, 3.8) is 0 Å². The summed E-state index contributed by atoms with van der Waals surface area (Å²) < 4.78 is 5.38. The van der Waals surface area contributed by atoms with Crippen molar-refractivity contribution in [2.75, 3.05) is 0 Å². The monoisotopic (exact) mass is 182 g/mol. The van der Waals surface area contributed by atoms with E-state index in [9.17, 15) is 4.79 Å². The van der Waals surface area contributed by atoms with Crippen molar-refractivity contribution in [2.45, 2.75) is 25.6 Å². The first-order valence-corrected chi connectivity index (χ1v) is 4.19. The molecule has 1 aliphatic heterocycles. The molecule has 3 nitrogen and oxygen atoms in total. The second kappa shape index (κ2) is 3.34. The Hall–Kier alpha value is -1.09. The van der Waals surface area contributed by atoms with Gasteiger partial charge in [-0.3, -0.25) is 0 Å². The van der Waals surface area contributed by atoms with E-state index in [2.05, 4.69) is 6.58 Å². The number of aliphatic carboxylic acids is 1. The van der Waals surface area contributed by atoms with Gasteiger partial charge in [0.05, 0.1) is 5.60 Å². The summed E-state index contributed by atoms with van der Waals surface area (Å²) in [6.45, 7) is 7.23. The summed E-state index contributed by atoms with van der Waals surface area (Å²) in [4.78, 5) is 10.8. The average Bonchev–Trinajstić information content (AvgIpc) is 2.03. The molecular formula is C10H14O3. The second-order valence-electron chi connectivity index (χ2n) is 3.65. The van der Waals surface area contributed by atoms with E-state index in [4.69, 9.17) is 9.84 Å². The molecule has 2 atom stereocenters. The third-order valence-electron chi connectivity index (χ3n) is 2.02. The van der Waals surface area contributed by atoms with E-state index >= 15 is 0 Å². The highest BCUT2D eigenvalue weighted by Gasteiger charge is 2.34. The molecule has 3 heteroatoms. The van der Waals surface area contributed by atoms with Gasteiger partial charge in [-0.2, -0.15) is 0 Å². The molecule has 13 heavy (non-hydrogen) atoms. The lowest BCUT2D eigenvalue weighted by molar-refractivity contribution is -0.161. The lowest BCUT2D eigenvalue weighted by Gasteiger charge is -2.33. The van der Waals surface area contributed by atoms with Gasteiger partial charge in [-0.25, -0.2) is 4.79 Å². The van der Waals surface area contributed by atoms with E-state index in [1.54, 1.807) is 6.08 Å². The van der Waals surface area contributed by atoms with Crippen molar-refractivity contribution < 1.29 is 14.6 Å². The SMILES string of the molecule is C=CC1C=CC(C)(C)OC1C(=O)O. The van der Waals surface area contributed by atoms with Crippen molar-refractivity contribution in [3.05, 3.63) is 24.8 Å². The van der Waals surface area contributed by atoms with Crippen LogP contribution in [0.4, 0.5) is 0 Å². The Labute approximate surface area is 77.7 Å². The molecule has 0 fully saturated rings.